The first-order valence-electron chi connectivity index (χ1n) is 5.57. The monoisotopic (exact) mass is 257 g/mol. The molecule has 0 aliphatic rings. The van der Waals surface area contributed by atoms with Crippen LogP contribution in [0.1, 0.15) is 24.1 Å². The molecule has 2 aromatic rings. The van der Waals surface area contributed by atoms with Gasteiger partial charge in [-0.2, -0.15) is 5.26 Å². The fraction of sp³-hybridized carbons (Fsp3) is 0.143. The smallest absolute Gasteiger partial charge is 0.126 e. The first kappa shape index (κ1) is 12.4. The van der Waals surface area contributed by atoms with Gasteiger partial charge in [0.25, 0.3) is 0 Å². The molecular formula is C14H12ClN3. The van der Waals surface area contributed by atoms with Crippen molar-refractivity contribution in [1.29, 1.82) is 5.26 Å². The average Bonchev–Trinajstić information content (AvgIpc) is 2.41. The highest BCUT2D eigenvalue weighted by Gasteiger charge is 2.05. The number of halogens is 1. The Kier molecular flexibility index (Phi) is 3.81. The van der Waals surface area contributed by atoms with Crippen molar-refractivity contribution >= 4 is 17.4 Å². The van der Waals surface area contributed by atoms with Gasteiger partial charge in [0.1, 0.15) is 5.82 Å². The highest BCUT2D eigenvalue weighted by molar-refractivity contribution is 6.30. The third kappa shape index (κ3) is 2.99. The van der Waals surface area contributed by atoms with E-state index in [9.17, 15) is 0 Å². The summed E-state index contributed by atoms with van der Waals surface area (Å²) in [5, 5.41) is 12.6. The van der Waals surface area contributed by atoms with Gasteiger partial charge >= 0.3 is 0 Å². The lowest BCUT2D eigenvalue weighted by atomic mass is 10.1. The summed E-state index contributed by atoms with van der Waals surface area (Å²) in [6, 6.07) is 13.3. The van der Waals surface area contributed by atoms with Crippen molar-refractivity contribution in [3.8, 4) is 6.07 Å². The van der Waals surface area contributed by atoms with Crippen LogP contribution in [-0.4, -0.2) is 4.98 Å². The number of hydrogen-bond donors (Lipinski definition) is 1. The van der Waals surface area contributed by atoms with Crippen LogP contribution in [-0.2, 0) is 0 Å². The highest BCUT2D eigenvalue weighted by Crippen LogP contribution is 2.19. The van der Waals surface area contributed by atoms with Crippen molar-refractivity contribution in [3.05, 3.63) is 58.7 Å². The molecule has 0 fully saturated rings. The van der Waals surface area contributed by atoms with E-state index in [2.05, 4.69) is 16.4 Å². The van der Waals surface area contributed by atoms with Crippen molar-refractivity contribution in [2.75, 3.05) is 5.32 Å². The summed E-state index contributed by atoms with van der Waals surface area (Å²) in [6.45, 7) is 2.04. The van der Waals surface area contributed by atoms with Crippen LogP contribution in [0.5, 0.6) is 0 Å². The number of rotatable bonds is 3. The normalized spacial score (nSPS) is 11.6. The van der Waals surface area contributed by atoms with E-state index in [0.717, 1.165) is 11.4 Å². The van der Waals surface area contributed by atoms with E-state index >= 15 is 0 Å². The standard InChI is InChI=1S/C14H12ClN3/c1-10(12-4-2-11(8-16)3-5-12)18-14-7-6-13(15)9-17-14/h2-7,9-10H,1H3,(H,17,18). The second-order valence-electron chi connectivity index (χ2n) is 3.96. The number of nitrogens with zero attached hydrogens (tertiary/aromatic N) is 2. The second-order valence-corrected chi connectivity index (χ2v) is 4.40. The SMILES string of the molecule is CC(Nc1ccc(Cl)cn1)c1ccc(C#N)cc1. The molecule has 0 amide bonds. The zero-order valence-corrected chi connectivity index (χ0v) is 10.6. The van der Waals surface area contributed by atoms with Gasteiger partial charge in [-0.15, -0.1) is 0 Å². The van der Waals surface area contributed by atoms with E-state index in [0.29, 0.717) is 10.6 Å². The fourth-order valence-corrected chi connectivity index (χ4v) is 1.72. The molecule has 4 heteroatoms. The number of benzene rings is 1. The molecule has 2 rings (SSSR count). The van der Waals surface area contributed by atoms with E-state index < -0.39 is 0 Å². The Morgan fingerprint density at radius 3 is 2.50 bits per heavy atom. The minimum absolute atomic E-state index is 0.117. The zero-order chi connectivity index (χ0) is 13.0. The molecule has 3 nitrogen and oxygen atoms in total. The molecule has 18 heavy (non-hydrogen) atoms. The molecule has 1 aromatic heterocycles. The number of hydrogen-bond acceptors (Lipinski definition) is 3. The third-order valence-electron chi connectivity index (χ3n) is 2.63. The maximum atomic E-state index is 8.74. The van der Waals surface area contributed by atoms with Crippen LogP contribution in [0.4, 0.5) is 5.82 Å². The van der Waals surface area contributed by atoms with Gasteiger partial charge in [-0.3, -0.25) is 0 Å². The predicted octanol–water partition coefficient (Wildman–Crippen LogP) is 3.78. The Morgan fingerprint density at radius 1 is 1.22 bits per heavy atom. The van der Waals surface area contributed by atoms with Gasteiger partial charge in [0.2, 0.25) is 0 Å². The number of nitriles is 1. The predicted molar refractivity (Wildman–Crippen MR) is 72.4 cm³/mol. The largest absolute Gasteiger partial charge is 0.364 e. The molecule has 1 heterocycles. The van der Waals surface area contributed by atoms with E-state index in [-0.39, 0.29) is 6.04 Å². The molecule has 0 spiro atoms. The van der Waals surface area contributed by atoms with Gasteiger partial charge < -0.3 is 5.32 Å². The topological polar surface area (TPSA) is 48.7 Å². The maximum absolute atomic E-state index is 8.74. The molecule has 1 aromatic carbocycles. The second kappa shape index (κ2) is 5.52. The lowest BCUT2D eigenvalue weighted by Crippen LogP contribution is -2.07. The molecule has 0 radical (unpaired) electrons. The molecule has 0 bridgehead atoms. The minimum atomic E-state index is 0.117. The summed E-state index contributed by atoms with van der Waals surface area (Å²) in [5.41, 5.74) is 1.77. The summed E-state index contributed by atoms with van der Waals surface area (Å²) >= 11 is 5.78. The van der Waals surface area contributed by atoms with E-state index in [1.807, 2.05) is 37.3 Å². The summed E-state index contributed by atoms with van der Waals surface area (Å²) in [7, 11) is 0. The van der Waals surface area contributed by atoms with Crippen molar-refractivity contribution in [2.24, 2.45) is 0 Å². The van der Waals surface area contributed by atoms with Crippen LogP contribution in [0.25, 0.3) is 0 Å². The van der Waals surface area contributed by atoms with E-state index in [1.165, 1.54) is 0 Å². The van der Waals surface area contributed by atoms with Crippen molar-refractivity contribution in [1.82, 2.24) is 4.98 Å². The number of nitrogens with one attached hydrogen (secondary N) is 1. The van der Waals surface area contributed by atoms with Gasteiger partial charge in [0.15, 0.2) is 0 Å². The van der Waals surface area contributed by atoms with Gasteiger partial charge in [-0.05, 0) is 36.8 Å². The Balaban J connectivity index is 2.09. The lowest BCUT2D eigenvalue weighted by molar-refractivity contribution is 0.874. The number of aromatic nitrogens is 1. The first-order chi connectivity index (χ1) is 8.69. The Morgan fingerprint density at radius 2 is 1.94 bits per heavy atom. The van der Waals surface area contributed by atoms with Crippen LogP contribution in [0.15, 0.2) is 42.6 Å². The molecule has 90 valence electrons. The quantitative estimate of drug-likeness (QED) is 0.910. The Labute approximate surface area is 111 Å². The molecule has 0 saturated heterocycles. The molecular weight excluding hydrogens is 246 g/mol. The van der Waals surface area contributed by atoms with E-state index in [4.69, 9.17) is 16.9 Å². The van der Waals surface area contributed by atoms with Gasteiger partial charge in [-0.1, -0.05) is 23.7 Å². The molecule has 0 saturated carbocycles. The third-order valence-corrected chi connectivity index (χ3v) is 2.86. The average molecular weight is 258 g/mol. The lowest BCUT2D eigenvalue weighted by Gasteiger charge is -2.14. The van der Waals surface area contributed by atoms with Crippen LogP contribution in [0.2, 0.25) is 5.02 Å². The fourth-order valence-electron chi connectivity index (χ4n) is 1.61. The first-order valence-corrected chi connectivity index (χ1v) is 5.95. The Bertz CT molecular complexity index is 555. The highest BCUT2D eigenvalue weighted by atomic mass is 35.5. The summed E-state index contributed by atoms with van der Waals surface area (Å²) < 4.78 is 0. The maximum Gasteiger partial charge on any atom is 0.126 e. The van der Waals surface area contributed by atoms with Crippen molar-refractivity contribution < 1.29 is 0 Å². The van der Waals surface area contributed by atoms with Crippen LogP contribution in [0, 0.1) is 11.3 Å². The van der Waals surface area contributed by atoms with Crippen LogP contribution >= 0.6 is 11.6 Å². The summed E-state index contributed by atoms with van der Waals surface area (Å²) in [5.74, 6) is 0.774. The molecule has 0 aliphatic heterocycles. The van der Waals surface area contributed by atoms with Gasteiger partial charge in [0, 0.05) is 12.2 Å². The Hall–Kier alpha value is -2.05. The molecule has 1 atom stereocenters. The van der Waals surface area contributed by atoms with Crippen molar-refractivity contribution in [3.63, 3.8) is 0 Å². The number of pyridine rings is 1. The minimum Gasteiger partial charge on any atom is -0.364 e. The number of anilines is 1. The van der Waals surface area contributed by atoms with Crippen LogP contribution in [0.3, 0.4) is 0 Å². The van der Waals surface area contributed by atoms with Gasteiger partial charge in [0.05, 0.1) is 16.7 Å². The van der Waals surface area contributed by atoms with E-state index in [1.54, 1.807) is 12.3 Å². The summed E-state index contributed by atoms with van der Waals surface area (Å²) in [6.07, 6.45) is 1.61. The molecule has 1 unspecified atom stereocenters. The molecule has 1 N–H and O–H groups in total. The van der Waals surface area contributed by atoms with Crippen molar-refractivity contribution in [2.45, 2.75) is 13.0 Å². The van der Waals surface area contributed by atoms with Gasteiger partial charge in [-0.25, -0.2) is 4.98 Å². The zero-order valence-electron chi connectivity index (χ0n) is 9.89. The summed E-state index contributed by atoms with van der Waals surface area (Å²) in [4.78, 5) is 4.18. The molecule has 0 aliphatic carbocycles. The van der Waals surface area contributed by atoms with Crippen LogP contribution < -0.4 is 5.32 Å².